The van der Waals surface area contributed by atoms with Crippen LogP contribution in [-0.2, 0) is 0 Å². The lowest BCUT2D eigenvalue weighted by molar-refractivity contribution is 0.0671. The largest absolute Gasteiger partial charge is 0.329 e. The number of aromatic nitrogens is 2. The normalized spacial score (nSPS) is 12.1. The zero-order chi connectivity index (χ0) is 24.2. The molecule has 0 aliphatic carbocycles. The van der Waals surface area contributed by atoms with E-state index < -0.39 is 6.04 Å². The molecule has 0 saturated heterocycles. The third-order valence-electron chi connectivity index (χ3n) is 5.96. The lowest BCUT2D eigenvalue weighted by atomic mass is 10.1. The second-order valence-corrected chi connectivity index (χ2v) is 9.74. The summed E-state index contributed by atoms with van der Waals surface area (Å²) < 4.78 is 2.56. The van der Waals surface area contributed by atoms with Crippen LogP contribution in [0.25, 0.3) is 16.6 Å². The minimum absolute atomic E-state index is 0.0809. The molecule has 5 nitrogen and oxygen atoms in total. The molecule has 174 valence electrons. The number of hydrogen-bond donors (Lipinski definition) is 0. The molecule has 6 heteroatoms. The van der Waals surface area contributed by atoms with Gasteiger partial charge >= 0.3 is 0 Å². The second kappa shape index (κ2) is 10.3. The Kier molecular flexibility index (Phi) is 7.27. The van der Waals surface area contributed by atoms with Crippen molar-refractivity contribution in [1.29, 1.82) is 0 Å². The van der Waals surface area contributed by atoms with Crippen LogP contribution in [0.5, 0.6) is 0 Å². The lowest BCUT2D eigenvalue weighted by Crippen LogP contribution is -2.38. The quantitative estimate of drug-likeness (QED) is 0.285. The number of fused-ring (bicyclic) bond motifs is 1. The van der Waals surface area contributed by atoms with Gasteiger partial charge in [0.1, 0.15) is 5.82 Å². The van der Waals surface area contributed by atoms with Crippen molar-refractivity contribution < 1.29 is 4.79 Å². The number of carbonyl (C=O) groups excluding carboxylic acids is 1. The van der Waals surface area contributed by atoms with Gasteiger partial charge in [0, 0.05) is 16.6 Å². The number of rotatable bonds is 7. The molecule has 34 heavy (non-hydrogen) atoms. The maximum Gasteiger partial charge on any atom is 0.266 e. The van der Waals surface area contributed by atoms with Crippen molar-refractivity contribution in [3.8, 4) is 5.69 Å². The first-order valence-electron chi connectivity index (χ1n) is 11.5. The molecule has 0 aliphatic heterocycles. The molecular weight excluding hydrogens is 490 g/mol. The van der Waals surface area contributed by atoms with E-state index in [4.69, 9.17) is 4.98 Å². The highest BCUT2D eigenvalue weighted by molar-refractivity contribution is 9.10. The summed E-state index contributed by atoms with van der Waals surface area (Å²) in [7, 11) is 0. The van der Waals surface area contributed by atoms with Crippen LogP contribution < -0.4 is 5.56 Å². The van der Waals surface area contributed by atoms with Crippen molar-refractivity contribution in [2.24, 2.45) is 5.92 Å². The average Bonchev–Trinajstić information content (AvgIpc) is 2.84. The Morgan fingerprint density at radius 3 is 2.26 bits per heavy atom. The third kappa shape index (κ3) is 4.97. The van der Waals surface area contributed by atoms with Gasteiger partial charge in [-0.3, -0.25) is 14.2 Å². The van der Waals surface area contributed by atoms with Crippen LogP contribution in [0.15, 0.2) is 88.1 Å². The van der Waals surface area contributed by atoms with Crippen molar-refractivity contribution in [2.75, 3.05) is 6.54 Å². The van der Waals surface area contributed by atoms with Crippen molar-refractivity contribution in [1.82, 2.24) is 14.5 Å². The van der Waals surface area contributed by atoms with E-state index in [1.165, 1.54) is 0 Å². The highest BCUT2D eigenvalue weighted by atomic mass is 79.9. The monoisotopic (exact) mass is 517 g/mol. The molecule has 0 radical (unpaired) electrons. The standard InChI is InChI=1S/C28H28BrN3O2/c1-19(2)17-18-31(27(33)21-13-15-22(29)16-14-21)20(3)26-30-25-12-8-7-11-24(25)28(34)32(26)23-9-5-4-6-10-23/h4-16,19-20H,17-18H2,1-3H3. The van der Waals surface area contributed by atoms with Gasteiger partial charge < -0.3 is 4.90 Å². The van der Waals surface area contributed by atoms with Crippen LogP contribution >= 0.6 is 15.9 Å². The highest BCUT2D eigenvalue weighted by Gasteiger charge is 2.27. The number of halogens is 1. The van der Waals surface area contributed by atoms with Crippen molar-refractivity contribution in [2.45, 2.75) is 33.2 Å². The van der Waals surface area contributed by atoms with E-state index >= 15 is 0 Å². The van der Waals surface area contributed by atoms with Gasteiger partial charge in [0.15, 0.2) is 0 Å². The van der Waals surface area contributed by atoms with Crippen molar-refractivity contribution >= 4 is 32.7 Å². The molecule has 0 bridgehead atoms. The summed E-state index contributed by atoms with van der Waals surface area (Å²) in [5.74, 6) is 0.889. The van der Waals surface area contributed by atoms with Gasteiger partial charge in [0.05, 0.1) is 22.6 Å². The minimum Gasteiger partial charge on any atom is -0.329 e. The van der Waals surface area contributed by atoms with Crippen LogP contribution in [0.1, 0.15) is 49.4 Å². The minimum atomic E-state index is -0.424. The van der Waals surface area contributed by atoms with Gasteiger partial charge in [-0.1, -0.05) is 60.1 Å². The molecule has 1 unspecified atom stereocenters. The summed E-state index contributed by atoms with van der Waals surface area (Å²) in [6.07, 6.45) is 0.843. The summed E-state index contributed by atoms with van der Waals surface area (Å²) in [6, 6.07) is 23.8. The van der Waals surface area contributed by atoms with E-state index in [1.54, 1.807) is 10.6 Å². The molecule has 0 spiro atoms. The van der Waals surface area contributed by atoms with Crippen LogP contribution in [0.3, 0.4) is 0 Å². The molecule has 0 aliphatic rings. The van der Waals surface area contributed by atoms with Gasteiger partial charge in [-0.25, -0.2) is 4.98 Å². The van der Waals surface area contributed by atoms with Crippen LogP contribution in [0.2, 0.25) is 0 Å². The van der Waals surface area contributed by atoms with Gasteiger partial charge in [-0.05, 0) is 67.8 Å². The Hall–Kier alpha value is -3.25. The summed E-state index contributed by atoms with van der Waals surface area (Å²) in [6.45, 7) is 6.79. The highest BCUT2D eigenvalue weighted by Crippen LogP contribution is 2.26. The fraction of sp³-hybridized carbons (Fsp3) is 0.250. The number of benzene rings is 3. The lowest BCUT2D eigenvalue weighted by Gasteiger charge is -2.31. The zero-order valence-corrected chi connectivity index (χ0v) is 21.2. The predicted molar refractivity (Wildman–Crippen MR) is 140 cm³/mol. The van der Waals surface area contributed by atoms with Crippen molar-refractivity contribution in [3.63, 3.8) is 0 Å². The Balaban J connectivity index is 1.88. The van der Waals surface area contributed by atoms with E-state index in [0.29, 0.717) is 34.8 Å². The second-order valence-electron chi connectivity index (χ2n) is 8.83. The first kappa shape index (κ1) is 23.9. The van der Waals surface area contributed by atoms with Crippen LogP contribution in [-0.4, -0.2) is 26.9 Å². The first-order chi connectivity index (χ1) is 16.4. The smallest absolute Gasteiger partial charge is 0.266 e. The maximum absolute atomic E-state index is 13.7. The summed E-state index contributed by atoms with van der Waals surface area (Å²) in [4.78, 5) is 34.1. The Bertz CT molecular complexity index is 1350. The topological polar surface area (TPSA) is 55.2 Å². The predicted octanol–water partition coefficient (Wildman–Crippen LogP) is 6.40. The average molecular weight is 518 g/mol. The number of para-hydroxylation sites is 2. The Morgan fingerprint density at radius 1 is 0.941 bits per heavy atom. The summed E-state index contributed by atoms with van der Waals surface area (Å²) in [5.41, 5.74) is 1.82. The number of carbonyl (C=O) groups is 1. The first-order valence-corrected chi connectivity index (χ1v) is 12.3. The fourth-order valence-corrected chi connectivity index (χ4v) is 4.29. The molecule has 0 saturated carbocycles. The molecule has 4 rings (SSSR count). The summed E-state index contributed by atoms with van der Waals surface area (Å²) in [5, 5.41) is 0.551. The number of hydrogen-bond acceptors (Lipinski definition) is 3. The number of nitrogens with zero attached hydrogens (tertiary/aromatic N) is 3. The van der Waals surface area contributed by atoms with Crippen LogP contribution in [0, 0.1) is 5.92 Å². The molecule has 0 N–H and O–H groups in total. The zero-order valence-electron chi connectivity index (χ0n) is 19.6. The van der Waals surface area contributed by atoms with Crippen molar-refractivity contribution in [3.05, 3.63) is 105 Å². The van der Waals surface area contributed by atoms with Gasteiger partial charge in [-0.15, -0.1) is 0 Å². The molecule has 1 aromatic heterocycles. The molecule has 3 aromatic carbocycles. The Morgan fingerprint density at radius 2 is 1.59 bits per heavy atom. The molecular formula is C28H28BrN3O2. The fourth-order valence-electron chi connectivity index (χ4n) is 4.02. The Labute approximate surface area is 208 Å². The van der Waals surface area contributed by atoms with Gasteiger partial charge in [-0.2, -0.15) is 0 Å². The summed E-state index contributed by atoms with van der Waals surface area (Å²) >= 11 is 3.44. The molecule has 1 atom stereocenters. The molecule has 4 aromatic rings. The molecule has 1 amide bonds. The van der Waals surface area contributed by atoms with Gasteiger partial charge in [0.2, 0.25) is 0 Å². The van der Waals surface area contributed by atoms with E-state index in [9.17, 15) is 9.59 Å². The molecule has 1 heterocycles. The molecule has 0 fully saturated rings. The van der Waals surface area contributed by atoms with Gasteiger partial charge in [0.25, 0.3) is 11.5 Å². The third-order valence-corrected chi connectivity index (χ3v) is 6.49. The van der Waals surface area contributed by atoms with E-state index in [1.807, 2.05) is 84.6 Å². The van der Waals surface area contributed by atoms with E-state index in [0.717, 1.165) is 16.6 Å². The number of amides is 1. The van der Waals surface area contributed by atoms with E-state index in [2.05, 4.69) is 29.8 Å². The SMILES string of the molecule is CC(C)CCN(C(=O)c1ccc(Br)cc1)C(C)c1nc2ccccc2c(=O)n1-c1ccccc1. The van der Waals surface area contributed by atoms with Crippen LogP contribution in [0.4, 0.5) is 0 Å². The van der Waals surface area contributed by atoms with E-state index in [-0.39, 0.29) is 11.5 Å². The maximum atomic E-state index is 13.7.